The van der Waals surface area contributed by atoms with Crippen LogP contribution in [0.15, 0.2) is 42.5 Å². The number of esters is 1. The van der Waals surface area contributed by atoms with E-state index in [-0.39, 0.29) is 12.6 Å². The average Bonchev–Trinajstić information content (AvgIpc) is 2.56. The molecule has 0 spiro atoms. The van der Waals surface area contributed by atoms with E-state index in [9.17, 15) is 9.59 Å². The maximum Gasteiger partial charge on any atom is 0.338 e. The molecule has 1 unspecified atom stereocenters. The number of carboxylic acid groups (broad SMARTS) is 1. The van der Waals surface area contributed by atoms with Gasteiger partial charge in [0, 0.05) is 0 Å². The van der Waals surface area contributed by atoms with E-state index in [0.717, 1.165) is 19.3 Å². The Morgan fingerprint density at radius 1 is 1.26 bits per heavy atom. The summed E-state index contributed by atoms with van der Waals surface area (Å²) in [6.07, 6.45) is 6.96. The fourth-order valence-electron chi connectivity index (χ4n) is 1.98. The fourth-order valence-corrected chi connectivity index (χ4v) is 1.98. The van der Waals surface area contributed by atoms with Crippen LogP contribution in [0, 0.1) is 0 Å². The lowest BCUT2D eigenvalue weighted by molar-refractivity contribution is -0.138. The van der Waals surface area contributed by atoms with Crippen LogP contribution in [0.1, 0.15) is 43.0 Å². The van der Waals surface area contributed by atoms with Crippen molar-refractivity contribution >= 4 is 11.9 Å². The first-order valence-electron chi connectivity index (χ1n) is 8.00. The minimum Gasteiger partial charge on any atom is -0.480 e. The highest BCUT2D eigenvalue weighted by Crippen LogP contribution is 2.02. The second kappa shape index (κ2) is 11.4. The zero-order chi connectivity index (χ0) is 16.9. The maximum absolute atomic E-state index is 11.7. The SMILES string of the molecule is CCCCCNC(/C=C/CCOC(=O)c1ccccc1)C(=O)O. The van der Waals surface area contributed by atoms with Gasteiger partial charge in [-0.05, 0) is 31.5 Å². The summed E-state index contributed by atoms with van der Waals surface area (Å²) in [6.45, 7) is 3.01. The Morgan fingerprint density at radius 2 is 2.00 bits per heavy atom. The second-order valence-corrected chi connectivity index (χ2v) is 5.20. The van der Waals surface area contributed by atoms with Crippen LogP contribution in [0.4, 0.5) is 0 Å². The van der Waals surface area contributed by atoms with Gasteiger partial charge in [-0.15, -0.1) is 0 Å². The summed E-state index contributed by atoms with van der Waals surface area (Å²) >= 11 is 0. The van der Waals surface area contributed by atoms with Crippen LogP contribution in [0.5, 0.6) is 0 Å². The van der Waals surface area contributed by atoms with Gasteiger partial charge in [-0.2, -0.15) is 0 Å². The fraction of sp³-hybridized carbons (Fsp3) is 0.444. The largest absolute Gasteiger partial charge is 0.480 e. The predicted octanol–water partition coefficient (Wildman–Crippen LogP) is 3.02. The number of rotatable bonds is 11. The lowest BCUT2D eigenvalue weighted by Gasteiger charge is -2.10. The second-order valence-electron chi connectivity index (χ2n) is 5.20. The normalized spacial score (nSPS) is 12.2. The van der Waals surface area contributed by atoms with E-state index in [1.165, 1.54) is 0 Å². The van der Waals surface area contributed by atoms with Crippen LogP contribution >= 0.6 is 0 Å². The molecular weight excluding hydrogens is 294 g/mol. The molecule has 0 radical (unpaired) electrons. The Hall–Kier alpha value is -2.14. The van der Waals surface area contributed by atoms with Gasteiger partial charge in [0.2, 0.25) is 0 Å². The summed E-state index contributed by atoms with van der Waals surface area (Å²) in [5, 5.41) is 12.1. The van der Waals surface area contributed by atoms with Crippen molar-refractivity contribution in [3.05, 3.63) is 48.0 Å². The number of unbranched alkanes of at least 4 members (excludes halogenated alkanes) is 2. The highest BCUT2D eigenvalue weighted by atomic mass is 16.5. The van der Waals surface area contributed by atoms with Crippen molar-refractivity contribution in [1.29, 1.82) is 0 Å². The van der Waals surface area contributed by atoms with Crippen LogP contribution in [-0.4, -0.2) is 36.2 Å². The molecule has 0 aromatic heterocycles. The van der Waals surface area contributed by atoms with Crippen molar-refractivity contribution in [3.63, 3.8) is 0 Å². The van der Waals surface area contributed by atoms with E-state index < -0.39 is 12.0 Å². The number of carbonyl (C=O) groups excluding carboxylic acids is 1. The molecule has 0 aliphatic rings. The monoisotopic (exact) mass is 319 g/mol. The van der Waals surface area contributed by atoms with Crippen molar-refractivity contribution in [2.45, 2.75) is 38.6 Å². The Balaban J connectivity index is 2.27. The third kappa shape index (κ3) is 8.16. The van der Waals surface area contributed by atoms with Gasteiger partial charge >= 0.3 is 11.9 Å². The summed E-state index contributed by atoms with van der Waals surface area (Å²) in [5.41, 5.74) is 0.512. The summed E-state index contributed by atoms with van der Waals surface area (Å²) < 4.78 is 5.13. The van der Waals surface area contributed by atoms with Crippen LogP contribution in [-0.2, 0) is 9.53 Å². The molecule has 1 atom stereocenters. The van der Waals surface area contributed by atoms with Gasteiger partial charge < -0.3 is 15.2 Å². The molecule has 1 rings (SSSR count). The molecule has 0 fully saturated rings. The number of ether oxygens (including phenoxy) is 1. The summed E-state index contributed by atoms with van der Waals surface area (Å²) in [4.78, 5) is 22.8. The van der Waals surface area contributed by atoms with E-state index in [4.69, 9.17) is 9.84 Å². The number of aliphatic carboxylic acids is 1. The Kier molecular flexibility index (Phi) is 9.40. The van der Waals surface area contributed by atoms with Crippen molar-refractivity contribution < 1.29 is 19.4 Å². The minimum absolute atomic E-state index is 0.229. The molecule has 5 heteroatoms. The topological polar surface area (TPSA) is 75.6 Å². The molecule has 126 valence electrons. The molecule has 0 saturated heterocycles. The molecule has 5 nitrogen and oxygen atoms in total. The number of carboxylic acids is 1. The first-order valence-corrected chi connectivity index (χ1v) is 8.00. The lowest BCUT2D eigenvalue weighted by atomic mass is 10.2. The molecule has 1 aromatic carbocycles. The quantitative estimate of drug-likeness (QED) is 0.372. The highest BCUT2D eigenvalue weighted by molar-refractivity contribution is 5.89. The van der Waals surface area contributed by atoms with Gasteiger partial charge in [0.25, 0.3) is 0 Å². The molecule has 0 aliphatic heterocycles. The molecule has 0 amide bonds. The first-order chi connectivity index (χ1) is 11.1. The molecule has 1 aromatic rings. The minimum atomic E-state index is -0.904. The van der Waals surface area contributed by atoms with Gasteiger partial charge in [0.1, 0.15) is 6.04 Å². The lowest BCUT2D eigenvalue weighted by Crippen LogP contribution is -2.35. The van der Waals surface area contributed by atoms with Gasteiger partial charge in [-0.25, -0.2) is 4.79 Å². The Morgan fingerprint density at radius 3 is 2.65 bits per heavy atom. The Bertz CT molecular complexity index is 499. The molecule has 2 N–H and O–H groups in total. The van der Waals surface area contributed by atoms with E-state index in [1.807, 2.05) is 6.07 Å². The number of hydrogen-bond donors (Lipinski definition) is 2. The molecule has 0 heterocycles. The first kappa shape index (κ1) is 18.9. The molecule has 0 bridgehead atoms. The Labute approximate surface area is 137 Å². The van der Waals surface area contributed by atoms with Crippen LogP contribution < -0.4 is 5.32 Å². The zero-order valence-electron chi connectivity index (χ0n) is 13.5. The van der Waals surface area contributed by atoms with Crippen LogP contribution in [0.25, 0.3) is 0 Å². The van der Waals surface area contributed by atoms with Crippen molar-refractivity contribution in [1.82, 2.24) is 5.32 Å². The average molecular weight is 319 g/mol. The zero-order valence-corrected chi connectivity index (χ0v) is 13.5. The van der Waals surface area contributed by atoms with Crippen molar-refractivity contribution in [2.75, 3.05) is 13.2 Å². The van der Waals surface area contributed by atoms with Gasteiger partial charge in [0.05, 0.1) is 12.2 Å². The molecule has 0 aliphatic carbocycles. The third-order valence-corrected chi connectivity index (χ3v) is 3.27. The molecular formula is C18H25NO4. The number of carbonyl (C=O) groups is 2. The standard InChI is InChI=1S/C18H25NO4/c1-2-3-8-13-19-16(17(20)21)12-7-9-14-23-18(22)15-10-5-4-6-11-15/h4-7,10-12,16,19H,2-3,8-9,13-14H2,1H3,(H,20,21)/b12-7+. The van der Waals surface area contributed by atoms with E-state index in [0.29, 0.717) is 18.5 Å². The predicted molar refractivity (Wildman–Crippen MR) is 89.4 cm³/mol. The van der Waals surface area contributed by atoms with E-state index >= 15 is 0 Å². The van der Waals surface area contributed by atoms with E-state index in [2.05, 4.69) is 12.2 Å². The third-order valence-electron chi connectivity index (χ3n) is 3.27. The number of nitrogens with one attached hydrogen (secondary N) is 1. The van der Waals surface area contributed by atoms with Crippen molar-refractivity contribution in [3.8, 4) is 0 Å². The summed E-state index contributed by atoms with van der Waals surface area (Å²) in [6, 6.07) is 8.07. The number of benzene rings is 1. The van der Waals surface area contributed by atoms with Crippen LogP contribution in [0.3, 0.4) is 0 Å². The van der Waals surface area contributed by atoms with Gasteiger partial charge in [-0.1, -0.05) is 50.1 Å². The summed E-state index contributed by atoms with van der Waals surface area (Å²) in [7, 11) is 0. The molecule has 23 heavy (non-hydrogen) atoms. The van der Waals surface area contributed by atoms with Crippen molar-refractivity contribution in [2.24, 2.45) is 0 Å². The molecule has 0 saturated carbocycles. The van der Waals surface area contributed by atoms with Crippen LogP contribution in [0.2, 0.25) is 0 Å². The van der Waals surface area contributed by atoms with E-state index in [1.54, 1.807) is 36.4 Å². The smallest absolute Gasteiger partial charge is 0.338 e. The van der Waals surface area contributed by atoms with Gasteiger partial charge in [-0.3, -0.25) is 4.79 Å². The maximum atomic E-state index is 11.7. The number of hydrogen-bond acceptors (Lipinski definition) is 4. The summed E-state index contributed by atoms with van der Waals surface area (Å²) in [5.74, 6) is -1.27. The highest BCUT2D eigenvalue weighted by Gasteiger charge is 2.11. The van der Waals surface area contributed by atoms with Gasteiger partial charge in [0.15, 0.2) is 0 Å².